The number of rotatable bonds is 7. The van der Waals surface area contributed by atoms with Gasteiger partial charge in [-0.1, -0.05) is 0 Å². The van der Waals surface area contributed by atoms with Crippen molar-refractivity contribution >= 4 is 17.6 Å². The average Bonchev–Trinajstić information content (AvgIpc) is 2.62. The maximum absolute atomic E-state index is 12.3. The highest BCUT2D eigenvalue weighted by Gasteiger charge is 2.15. The molecule has 0 fully saturated rings. The molecule has 1 N–H and O–H groups in total. The van der Waals surface area contributed by atoms with Gasteiger partial charge in [-0.25, -0.2) is 4.79 Å². The fourth-order valence-electron chi connectivity index (χ4n) is 2.13. The number of carbonyl (C=O) groups is 2. The number of hydrogen-bond donors (Lipinski definition) is 1. The average molecular weight is 357 g/mol. The van der Waals surface area contributed by atoms with Crippen molar-refractivity contribution in [2.45, 2.75) is 33.0 Å². The van der Waals surface area contributed by atoms with Crippen LogP contribution < -0.4 is 14.8 Å². The van der Waals surface area contributed by atoms with Crippen LogP contribution in [0.1, 0.15) is 31.1 Å². The summed E-state index contributed by atoms with van der Waals surface area (Å²) in [5.41, 5.74) is 1.00. The maximum Gasteiger partial charge on any atom is 0.338 e. The molecule has 1 amide bonds. The van der Waals surface area contributed by atoms with Gasteiger partial charge in [0.2, 0.25) is 0 Å². The smallest absolute Gasteiger partial charge is 0.338 e. The first-order valence-electron chi connectivity index (χ1n) is 8.31. The van der Waals surface area contributed by atoms with Crippen molar-refractivity contribution in [1.82, 2.24) is 0 Å². The van der Waals surface area contributed by atoms with Crippen molar-refractivity contribution in [2.75, 3.05) is 12.4 Å². The predicted molar refractivity (Wildman–Crippen MR) is 98.7 cm³/mol. The number of ether oxygens (including phenoxy) is 3. The monoisotopic (exact) mass is 357 g/mol. The first-order chi connectivity index (χ1) is 12.4. The second-order valence-electron chi connectivity index (χ2n) is 5.96. The summed E-state index contributed by atoms with van der Waals surface area (Å²) in [4.78, 5) is 24.1. The molecule has 0 aliphatic rings. The molecule has 0 spiro atoms. The van der Waals surface area contributed by atoms with E-state index in [-0.39, 0.29) is 12.0 Å². The van der Waals surface area contributed by atoms with Gasteiger partial charge < -0.3 is 19.5 Å². The second-order valence-corrected chi connectivity index (χ2v) is 5.96. The van der Waals surface area contributed by atoms with Gasteiger partial charge >= 0.3 is 5.97 Å². The molecule has 0 radical (unpaired) electrons. The Labute approximate surface area is 153 Å². The van der Waals surface area contributed by atoms with Gasteiger partial charge in [0.15, 0.2) is 6.10 Å². The van der Waals surface area contributed by atoms with Crippen LogP contribution in [-0.4, -0.2) is 31.2 Å². The molecule has 1 atom stereocenters. The van der Waals surface area contributed by atoms with Crippen LogP contribution in [0.25, 0.3) is 0 Å². The Bertz CT molecular complexity index is 738. The quantitative estimate of drug-likeness (QED) is 0.766. The van der Waals surface area contributed by atoms with Gasteiger partial charge in [0.1, 0.15) is 11.5 Å². The molecule has 0 saturated heterocycles. The van der Waals surface area contributed by atoms with E-state index in [1.165, 1.54) is 0 Å². The molecule has 2 rings (SSSR count). The number of benzene rings is 2. The molecule has 6 nitrogen and oxygen atoms in total. The van der Waals surface area contributed by atoms with Gasteiger partial charge in [-0.05, 0) is 69.3 Å². The van der Waals surface area contributed by atoms with E-state index < -0.39 is 12.1 Å². The van der Waals surface area contributed by atoms with E-state index in [2.05, 4.69) is 5.32 Å². The zero-order valence-electron chi connectivity index (χ0n) is 15.3. The van der Waals surface area contributed by atoms with E-state index in [9.17, 15) is 9.59 Å². The Morgan fingerprint density at radius 3 is 2.00 bits per heavy atom. The third-order valence-electron chi connectivity index (χ3n) is 3.47. The van der Waals surface area contributed by atoms with E-state index >= 15 is 0 Å². The highest BCUT2D eigenvalue weighted by Crippen LogP contribution is 2.19. The number of carbonyl (C=O) groups excluding carboxylic acids is 2. The van der Waals surface area contributed by atoms with E-state index in [4.69, 9.17) is 14.2 Å². The summed E-state index contributed by atoms with van der Waals surface area (Å²) < 4.78 is 15.8. The molecule has 0 bridgehead atoms. The second kappa shape index (κ2) is 8.89. The van der Waals surface area contributed by atoms with Crippen LogP contribution >= 0.6 is 0 Å². The molecule has 0 aromatic heterocycles. The normalized spacial score (nSPS) is 11.6. The summed E-state index contributed by atoms with van der Waals surface area (Å²) in [6.45, 7) is 5.24. The number of methoxy groups -OCH3 is 1. The molecular weight excluding hydrogens is 334 g/mol. The van der Waals surface area contributed by atoms with Crippen LogP contribution in [0.5, 0.6) is 11.5 Å². The molecule has 6 heteroatoms. The Balaban J connectivity index is 1.92. The van der Waals surface area contributed by atoms with Crippen LogP contribution in [0.3, 0.4) is 0 Å². The lowest BCUT2D eigenvalue weighted by Crippen LogP contribution is -2.30. The first-order valence-corrected chi connectivity index (χ1v) is 8.31. The topological polar surface area (TPSA) is 73.9 Å². The zero-order valence-corrected chi connectivity index (χ0v) is 15.3. The molecule has 2 aromatic carbocycles. The van der Waals surface area contributed by atoms with Gasteiger partial charge in [-0.15, -0.1) is 0 Å². The summed E-state index contributed by atoms with van der Waals surface area (Å²) in [6.07, 6.45) is -0.869. The highest BCUT2D eigenvalue weighted by molar-refractivity contribution is 5.95. The summed E-state index contributed by atoms with van der Waals surface area (Å²) in [5.74, 6) is 0.596. The molecule has 26 heavy (non-hydrogen) atoms. The van der Waals surface area contributed by atoms with Crippen LogP contribution in [0.4, 0.5) is 5.69 Å². The summed E-state index contributed by atoms with van der Waals surface area (Å²) in [7, 11) is 1.58. The minimum atomic E-state index is -0.686. The van der Waals surface area contributed by atoms with Crippen LogP contribution in [0.15, 0.2) is 48.5 Å². The lowest BCUT2D eigenvalue weighted by molar-refractivity contribution is -0.122. The van der Waals surface area contributed by atoms with Crippen molar-refractivity contribution in [2.24, 2.45) is 0 Å². The predicted octanol–water partition coefficient (Wildman–Crippen LogP) is 3.67. The Hall–Kier alpha value is -3.02. The molecule has 138 valence electrons. The van der Waals surface area contributed by atoms with Crippen molar-refractivity contribution in [3.63, 3.8) is 0 Å². The molecule has 0 aliphatic carbocycles. The minimum absolute atomic E-state index is 0.183. The standard InChI is InChI=1S/C20H23NO5/c1-13(2)25-20(23)15-5-7-16(8-6-15)21-19(22)14(3)26-18-11-9-17(24-4)10-12-18/h5-14H,1-4H3,(H,21,22)/t14-/m1/s1. The number of anilines is 1. The van der Waals surface area contributed by atoms with Gasteiger partial charge in [0.05, 0.1) is 18.8 Å². The van der Waals surface area contributed by atoms with Gasteiger partial charge in [-0.2, -0.15) is 0 Å². The summed E-state index contributed by atoms with van der Waals surface area (Å²) in [5, 5.41) is 2.75. The third-order valence-corrected chi connectivity index (χ3v) is 3.47. The SMILES string of the molecule is COc1ccc(O[C@H](C)C(=O)Nc2ccc(C(=O)OC(C)C)cc2)cc1. The molecule has 0 saturated carbocycles. The minimum Gasteiger partial charge on any atom is -0.497 e. The van der Waals surface area contributed by atoms with E-state index in [1.54, 1.807) is 76.4 Å². The molecule has 2 aromatic rings. The lowest BCUT2D eigenvalue weighted by atomic mass is 10.2. The third kappa shape index (κ3) is 5.51. The summed E-state index contributed by atoms with van der Waals surface area (Å²) >= 11 is 0. The largest absolute Gasteiger partial charge is 0.497 e. The van der Waals surface area contributed by atoms with E-state index in [0.29, 0.717) is 22.7 Å². The van der Waals surface area contributed by atoms with Crippen molar-refractivity contribution in [3.8, 4) is 11.5 Å². The fraction of sp³-hybridized carbons (Fsp3) is 0.300. The number of esters is 1. The molecule has 0 heterocycles. The van der Waals surface area contributed by atoms with Crippen LogP contribution in [0, 0.1) is 0 Å². The van der Waals surface area contributed by atoms with Crippen molar-refractivity contribution < 1.29 is 23.8 Å². The van der Waals surface area contributed by atoms with E-state index in [0.717, 1.165) is 0 Å². The van der Waals surface area contributed by atoms with Crippen molar-refractivity contribution in [3.05, 3.63) is 54.1 Å². The number of amides is 1. The Morgan fingerprint density at radius 2 is 1.46 bits per heavy atom. The van der Waals surface area contributed by atoms with E-state index in [1.807, 2.05) is 0 Å². The zero-order chi connectivity index (χ0) is 19.1. The molecule has 0 aliphatic heterocycles. The van der Waals surface area contributed by atoms with Gasteiger partial charge in [-0.3, -0.25) is 4.79 Å². The van der Waals surface area contributed by atoms with Crippen LogP contribution in [0.2, 0.25) is 0 Å². The highest BCUT2D eigenvalue weighted by atomic mass is 16.5. The van der Waals surface area contributed by atoms with Gasteiger partial charge in [0.25, 0.3) is 5.91 Å². The lowest BCUT2D eigenvalue weighted by Gasteiger charge is -2.15. The maximum atomic E-state index is 12.3. The number of hydrogen-bond acceptors (Lipinski definition) is 5. The van der Waals surface area contributed by atoms with Crippen molar-refractivity contribution in [1.29, 1.82) is 0 Å². The Kier molecular flexibility index (Phi) is 6.60. The molecular formula is C20H23NO5. The van der Waals surface area contributed by atoms with Crippen LogP contribution in [-0.2, 0) is 9.53 Å². The summed E-state index contributed by atoms with van der Waals surface area (Å²) in [6, 6.07) is 13.5. The Morgan fingerprint density at radius 1 is 0.885 bits per heavy atom. The van der Waals surface area contributed by atoms with Gasteiger partial charge in [0, 0.05) is 5.69 Å². The fourth-order valence-corrected chi connectivity index (χ4v) is 2.13. The first kappa shape index (κ1) is 19.3. The number of nitrogens with one attached hydrogen (secondary N) is 1. The molecule has 0 unspecified atom stereocenters.